The summed E-state index contributed by atoms with van der Waals surface area (Å²) >= 11 is 0. The van der Waals surface area contributed by atoms with Crippen molar-refractivity contribution in [2.75, 3.05) is 32.1 Å². The minimum absolute atomic E-state index is 0. The van der Waals surface area contributed by atoms with Gasteiger partial charge < -0.3 is 25.0 Å². The molecule has 212 valence electrons. The van der Waals surface area contributed by atoms with Crippen LogP contribution in [-0.4, -0.2) is 70.7 Å². The van der Waals surface area contributed by atoms with Gasteiger partial charge >= 0.3 is 6.03 Å². The third kappa shape index (κ3) is 6.93. The van der Waals surface area contributed by atoms with Gasteiger partial charge in [0.2, 0.25) is 5.88 Å². The second-order valence-corrected chi connectivity index (χ2v) is 9.78. The number of likely N-dealkylation sites (N-methyl/N-ethyl adjacent to an activating group) is 1. The molecule has 2 N–H and O–H groups in total. The van der Waals surface area contributed by atoms with Crippen molar-refractivity contribution < 1.29 is 31.1 Å². The lowest BCUT2D eigenvalue weighted by molar-refractivity contribution is 0.0356. The van der Waals surface area contributed by atoms with Crippen LogP contribution in [0.5, 0.6) is 5.88 Å². The number of carbonyl (C=O) groups is 2. The van der Waals surface area contributed by atoms with Gasteiger partial charge in [0.1, 0.15) is 23.3 Å². The number of aromatic nitrogens is 1. The molecule has 40 heavy (non-hydrogen) atoms. The minimum Gasteiger partial charge on any atom is -0.472 e. The lowest BCUT2D eigenvalue weighted by Crippen LogP contribution is -2.50. The summed E-state index contributed by atoms with van der Waals surface area (Å²) in [6.07, 6.45) is 0.910. The number of amides is 3. The second kappa shape index (κ2) is 12.6. The zero-order chi connectivity index (χ0) is 28.8. The van der Waals surface area contributed by atoms with E-state index < -0.39 is 29.8 Å². The Labute approximate surface area is 234 Å². The predicted octanol–water partition coefficient (Wildman–Crippen LogP) is 4.64. The zero-order valence-electron chi connectivity index (χ0n) is 22.4. The van der Waals surface area contributed by atoms with E-state index in [4.69, 9.17) is 4.74 Å². The first-order valence-electron chi connectivity index (χ1n) is 12.8. The number of fused-ring (bicyclic) bond motifs is 1. The average Bonchev–Trinajstić information content (AvgIpc) is 2.94. The molecule has 4 rings (SSSR count). The number of aliphatic hydroxyl groups excluding tert-OH is 1. The Kier molecular flexibility index (Phi) is 8.97. The molecule has 2 aromatic carbocycles. The molecule has 0 fully saturated rings. The van der Waals surface area contributed by atoms with Crippen LogP contribution >= 0.6 is 0 Å². The molecule has 0 saturated heterocycles. The van der Waals surface area contributed by atoms with E-state index in [0.717, 1.165) is 0 Å². The molecule has 3 atom stereocenters. The first-order chi connectivity index (χ1) is 19.1. The Hall–Kier alpha value is -4.49. The molecule has 0 saturated carbocycles. The van der Waals surface area contributed by atoms with Gasteiger partial charge in [0.15, 0.2) is 0 Å². The summed E-state index contributed by atoms with van der Waals surface area (Å²) in [6.45, 7) is 3.81. The number of nitrogens with zero attached hydrogens (tertiary/aromatic N) is 3. The van der Waals surface area contributed by atoms with Crippen LogP contribution in [0.25, 0.3) is 0 Å². The highest BCUT2D eigenvalue weighted by atomic mass is 19.1. The van der Waals surface area contributed by atoms with Gasteiger partial charge in [-0.2, -0.15) is 0 Å². The van der Waals surface area contributed by atoms with E-state index in [1.807, 2.05) is 6.92 Å². The molecular formula is C30H34F2N4O4. The number of aliphatic hydroxyl groups is 1. The van der Waals surface area contributed by atoms with Gasteiger partial charge in [-0.15, -0.1) is 0 Å². The van der Waals surface area contributed by atoms with Crippen LogP contribution in [0.3, 0.4) is 0 Å². The van der Waals surface area contributed by atoms with Gasteiger partial charge in [-0.1, -0.05) is 24.8 Å². The third-order valence-corrected chi connectivity index (χ3v) is 6.59. The number of pyridine rings is 1. The van der Waals surface area contributed by atoms with Gasteiger partial charge in [-0.3, -0.25) is 4.79 Å². The largest absolute Gasteiger partial charge is 0.472 e. The summed E-state index contributed by atoms with van der Waals surface area (Å²) in [5.74, 6) is 4.44. The highest BCUT2D eigenvalue weighted by Crippen LogP contribution is 2.27. The molecular weight excluding hydrogens is 518 g/mol. The second-order valence-electron chi connectivity index (χ2n) is 9.78. The molecule has 2 heterocycles. The summed E-state index contributed by atoms with van der Waals surface area (Å²) in [5, 5.41) is 12.6. The predicted molar refractivity (Wildman–Crippen MR) is 150 cm³/mol. The number of urea groups is 1. The maximum Gasteiger partial charge on any atom is 0.321 e. The van der Waals surface area contributed by atoms with Crippen LogP contribution < -0.4 is 10.1 Å². The third-order valence-electron chi connectivity index (χ3n) is 6.59. The molecule has 1 aliphatic heterocycles. The van der Waals surface area contributed by atoms with Gasteiger partial charge in [0.05, 0.1) is 19.2 Å². The summed E-state index contributed by atoms with van der Waals surface area (Å²) in [6, 6.07) is 12.0. The van der Waals surface area contributed by atoms with Crippen molar-refractivity contribution >= 4 is 17.6 Å². The summed E-state index contributed by atoms with van der Waals surface area (Å²) in [4.78, 5) is 33.7. The maximum atomic E-state index is 13.6. The quantitative estimate of drug-likeness (QED) is 0.450. The SMILES string of the molecule is C[C@H](CO)N1C[C@H](C)[C@H](CN(C)C(=O)Nc2ccc(F)cc2)Oc2ncc(C#Cc3cccc(F)c3)cc2C1=O.[HH].[HH]. The Balaban J connectivity index is 0.00000308. The minimum atomic E-state index is -0.555. The molecule has 8 nitrogen and oxygen atoms in total. The molecule has 0 radical (unpaired) electrons. The summed E-state index contributed by atoms with van der Waals surface area (Å²) in [7, 11) is 1.60. The summed E-state index contributed by atoms with van der Waals surface area (Å²) < 4.78 is 33.0. The standard InChI is InChI=1S/C30H30F2N4O4.2H2/c1-19-16-36(20(2)18-37)29(38)26-14-22(8-7-21-5-4-6-24(32)13-21)15-33-28(26)40-27(19)17-35(3)30(39)34-25-11-9-23(31)10-12-25;;/h4-6,9-15,19-20,27,37H,16-18H2,1-3H3,(H,34,39);2*1H/t19-,20+,27-;;/m0../s1. The van der Waals surface area contributed by atoms with Gasteiger partial charge in [0, 0.05) is 45.4 Å². The lowest BCUT2D eigenvalue weighted by atomic mass is 10.00. The highest BCUT2D eigenvalue weighted by Gasteiger charge is 2.34. The van der Waals surface area contributed by atoms with E-state index >= 15 is 0 Å². The Morgan fingerprint density at radius 3 is 2.62 bits per heavy atom. The van der Waals surface area contributed by atoms with Gasteiger partial charge in [-0.05, 0) is 55.5 Å². The lowest BCUT2D eigenvalue weighted by Gasteiger charge is -2.37. The molecule has 0 unspecified atom stereocenters. The fraction of sp³-hybridized carbons (Fsp3) is 0.300. The number of nitrogens with one attached hydrogen (secondary N) is 1. The van der Waals surface area contributed by atoms with Crippen LogP contribution in [0, 0.1) is 29.4 Å². The number of hydrogen-bond donors (Lipinski definition) is 2. The molecule has 0 aliphatic carbocycles. The van der Waals surface area contributed by atoms with E-state index in [2.05, 4.69) is 22.1 Å². The van der Waals surface area contributed by atoms with Crippen molar-refractivity contribution in [1.82, 2.24) is 14.8 Å². The normalized spacial score (nSPS) is 17.4. The Morgan fingerprint density at radius 1 is 1.20 bits per heavy atom. The van der Waals surface area contributed by atoms with E-state index in [0.29, 0.717) is 16.8 Å². The van der Waals surface area contributed by atoms with Crippen LogP contribution in [0.2, 0.25) is 0 Å². The zero-order valence-corrected chi connectivity index (χ0v) is 22.4. The number of anilines is 1. The monoisotopic (exact) mass is 552 g/mol. The van der Waals surface area contributed by atoms with Crippen LogP contribution in [-0.2, 0) is 0 Å². The number of carbonyl (C=O) groups excluding carboxylic acids is 2. The van der Waals surface area contributed by atoms with E-state index in [1.54, 1.807) is 37.1 Å². The topological polar surface area (TPSA) is 95.0 Å². The molecule has 0 spiro atoms. The van der Waals surface area contributed by atoms with Crippen molar-refractivity contribution in [1.29, 1.82) is 0 Å². The van der Waals surface area contributed by atoms with E-state index in [-0.39, 0.29) is 45.8 Å². The average molecular weight is 553 g/mol. The number of ether oxygens (including phenoxy) is 1. The molecule has 3 aromatic rings. The molecule has 1 aromatic heterocycles. The van der Waals surface area contributed by atoms with Crippen molar-refractivity contribution in [2.24, 2.45) is 5.92 Å². The van der Waals surface area contributed by atoms with Crippen LogP contribution in [0.4, 0.5) is 19.3 Å². The van der Waals surface area contributed by atoms with Crippen molar-refractivity contribution in [3.63, 3.8) is 0 Å². The number of rotatable bonds is 5. The molecule has 3 amide bonds. The highest BCUT2D eigenvalue weighted by molar-refractivity contribution is 5.97. The summed E-state index contributed by atoms with van der Waals surface area (Å²) in [5.41, 5.74) is 1.51. The molecule has 10 heteroatoms. The number of halogens is 2. The first kappa shape index (κ1) is 28.5. The van der Waals surface area contributed by atoms with Gasteiger partial charge in [-0.25, -0.2) is 18.6 Å². The fourth-order valence-corrected chi connectivity index (χ4v) is 4.20. The van der Waals surface area contributed by atoms with E-state index in [1.165, 1.54) is 47.5 Å². The van der Waals surface area contributed by atoms with Crippen molar-refractivity contribution in [3.05, 3.63) is 89.1 Å². The smallest absolute Gasteiger partial charge is 0.321 e. The number of benzene rings is 2. The van der Waals surface area contributed by atoms with Crippen molar-refractivity contribution in [3.8, 4) is 17.7 Å². The van der Waals surface area contributed by atoms with Crippen molar-refractivity contribution in [2.45, 2.75) is 26.0 Å². The van der Waals surface area contributed by atoms with E-state index in [9.17, 15) is 23.5 Å². The maximum absolute atomic E-state index is 13.6. The van der Waals surface area contributed by atoms with Crippen LogP contribution in [0.1, 0.15) is 38.2 Å². The Morgan fingerprint density at radius 2 is 1.93 bits per heavy atom. The fourth-order valence-electron chi connectivity index (χ4n) is 4.20. The molecule has 1 aliphatic rings. The van der Waals surface area contributed by atoms with Gasteiger partial charge in [0.25, 0.3) is 5.91 Å². The molecule has 0 bridgehead atoms. The first-order valence-corrected chi connectivity index (χ1v) is 12.8. The van der Waals surface area contributed by atoms with Crippen LogP contribution in [0.15, 0.2) is 60.8 Å². The number of hydrogen-bond acceptors (Lipinski definition) is 5. The Bertz CT molecular complexity index is 1450.